The lowest BCUT2D eigenvalue weighted by Gasteiger charge is -2.32. The zero-order valence-electron chi connectivity index (χ0n) is 8.63. The van der Waals surface area contributed by atoms with Gasteiger partial charge in [-0.15, -0.1) is 0 Å². The zero-order valence-corrected chi connectivity index (χ0v) is 8.63. The molecule has 0 aromatic carbocycles. The molecule has 0 aromatic heterocycles. The van der Waals surface area contributed by atoms with Gasteiger partial charge in [-0.05, 0) is 0 Å². The maximum atomic E-state index is 10.8. The monoisotopic (exact) mass is 218 g/mol. The van der Waals surface area contributed by atoms with Gasteiger partial charge in [0.25, 0.3) is 0 Å². The molecule has 1 aliphatic heterocycles. The molecule has 15 heavy (non-hydrogen) atoms. The number of carbonyl (C=O) groups excluding carboxylic acids is 2. The Morgan fingerprint density at radius 3 is 2.27 bits per heavy atom. The highest BCUT2D eigenvalue weighted by atomic mass is 16.6. The first-order valence-electron chi connectivity index (χ1n) is 4.63. The van der Waals surface area contributed by atoms with Gasteiger partial charge in [-0.25, -0.2) is 0 Å². The summed E-state index contributed by atoms with van der Waals surface area (Å²) < 4.78 is 14.7. The molecule has 6 heteroatoms. The van der Waals surface area contributed by atoms with Gasteiger partial charge < -0.3 is 19.3 Å². The second kappa shape index (κ2) is 5.09. The zero-order chi connectivity index (χ0) is 11.4. The molecule has 0 radical (unpaired) electrons. The second-order valence-electron chi connectivity index (χ2n) is 3.32. The normalized spacial score (nSPS) is 30.7. The van der Waals surface area contributed by atoms with Crippen molar-refractivity contribution in [1.82, 2.24) is 0 Å². The van der Waals surface area contributed by atoms with Gasteiger partial charge in [-0.3, -0.25) is 9.59 Å². The first kappa shape index (κ1) is 11.9. The van der Waals surface area contributed by atoms with Gasteiger partial charge in [0.2, 0.25) is 0 Å². The summed E-state index contributed by atoms with van der Waals surface area (Å²) in [5, 5.41) is 9.19. The SMILES string of the molecule is CC(=O)O[C@H]1C[C@H](O)OC[C@H]1OC(C)=O. The number of esters is 2. The number of rotatable bonds is 2. The fraction of sp³-hybridized carbons (Fsp3) is 0.778. The van der Waals surface area contributed by atoms with E-state index in [-0.39, 0.29) is 13.0 Å². The second-order valence-corrected chi connectivity index (χ2v) is 3.32. The summed E-state index contributed by atoms with van der Waals surface area (Å²) in [6.45, 7) is 2.54. The smallest absolute Gasteiger partial charge is 0.303 e. The molecule has 1 heterocycles. The van der Waals surface area contributed by atoms with Gasteiger partial charge in [0.1, 0.15) is 6.10 Å². The summed E-state index contributed by atoms with van der Waals surface area (Å²) in [4.78, 5) is 21.5. The van der Waals surface area contributed by atoms with Crippen LogP contribution in [0.3, 0.4) is 0 Å². The van der Waals surface area contributed by atoms with Crippen LogP contribution in [-0.2, 0) is 23.8 Å². The largest absolute Gasteiger partial charge is 0.458 e. The lowest BCUT2D eigenvalue weighted by atomic mass is 10.1. The number of hydrogen-bond acceptors (Lipinski definition) is 6. The van der Waals surface area contributed by atoms with Crippen molar-refractivity contribution in [3.05, 3.63) is 0 Å². The Morgan fingerprint density at radius 1 is 1.20 bits per heavy atom. The molecule has 0 spiro atoms. The third-order valence-corrected chi connectivity index (χ3v) is 1.94. The number of ether oxygens (including phenoxy) is 3. The van der Waals surface area contributed by atoms with Crippen molar-refractivity contribution in [3.8, 4) is 0 Å². The van der Waals surface area contributed by atoms with Gasteiger partial charge in [-0.1, -0.05) is 0 Å². The van der Waals surface area contributed by atoms with E-state index >= 15 is 0 Å². The summed E-state index contributed by atoms with van der Waals surface area (Å²) in [5.74, 6) is -0.955. The van der Waals surface area contributed by atoms with Crippen LogP contribution in [0.1, 0.15) is 20.3 Å². The summed E-state index contributed by atoms with van der Waals surface area (Å²) in [6, 6.07) is 0. The van der Waals surface area contributed by atoms with Crippen LogP contribution in [0.25, 0.3) is 0 Å². The molecular weight excluding hydrogens is 204 g/mol. The molecule has 0 aliphatic carbocycles. The predicted octanol–water partition coefficient (Wildman–Crippen LogP) is -0.411. The van der Waals surface area contributed by atoms with Crippen molar-refractivity contribution in [3.63, 3.8) is 0 Å². The Morgan fingerprint density at radius 2 is 1.73 bits per heavy atom. The quantitative estimate of drug-likeness (QED) is 0.634. The molecule has 0 amide bonds. The molecule has 0 unspecified atom stereocenters. The van der Waals surface area contributed by atoms with Crippen molar-refractivity contribution in [2.24, 2.45) is 0 Å². The fourth-order valence-corrected chi connectivity index (χ4v) is 1.39. The van der Waals surface area contributed by atoms with E-state index in [9.17, 15) is 14.7 Å². The molecule has 1 aliphatic rings. The van der Waals surface area contributed by atoms with E-state index in [2.05, 4.69) is 0 Å². The Kier molecular flexibility index (Phi) is 4.05. The molecule has 0 aromatic rings. The first-order chi connectivity index (χ1) is 6.99. The van der Waals surface area contributed by atoms with E-state index in [1.165, 1.54) is 13.8 Å². The summed E-state index contributed by atoms with van der Waals surface area (Å²) in [7, 11) is 0. The maximum absolute atomic E-state index is 10.8. The topological polar surface area (TPSA) is 82.1 Å². The summed E-state index contributed by atoms with van der Waals surface area (Å²) >= 11 is 0. The van der Waals surface area contributed by atoms with Crippen LogP contribution in [0.15, 0.2) is 0 Å². The van der Waals surface area contributed by atoms with Crippen molar-refractivity contribution in [1.29, 1.82) is 0 Å². The Bertz CT molecular complexity index is 251. The Balaban J connectivity index is 2.57. The van der Waals surface area contributed by atoms with Gasteiger partial charge in [0, 0.05) is 20.3 Å². The van der Waals surface area contributed by atoms with E-state index in [0.717, 1.165) is 0 Å². The fourth-order valence-electron chi connectivity index (χ4n) is 1.39. The van der Waals surface area contributed by atoms with Crippen LogP contribution < -0.4 is 0 Å². The van der Waals surface area contributed by atoms with Crippen LogP contribution in [0.2, 0.25) is 0 Å². The molecule has 1 saturated heterocycles. The summed E-state index contributed by atoms with van der Waals surface area (Å²) in [5.41, 5.74) is 0. The van der Waals surface area contributed by atoms with Crippen LogP contribution in [0.4, 0.5) is 0 Å². The molecule has 86 valence electrons. The minimum atomic E-state index is -0.985. The minimum absolute atomic E-state index is 0.0265. The molecule has 0 saturated carbocycles. The summed E-state index contributed by atoms with van der Waals surface area (Å²) in [6.07, 6.45) is -2.16. The van der Waals surface area contributed by atoms with Gasteiger partial charge in [0.05, 0.1) is 6.61 Å². The number of aliphatic hydroxyl groups is 1. The molecule has 6 nitrogen and oxygen atoms in total. The number of carbonyl (C=O) groups is 2. The van der Waals surface area contributed by atoms with E-state index in [4.69, 9.17) is 14.2 Å². The predicted molar refractivity (Wildman–Crippen MR) is 47.7 cm³/mol. The van der Waals surface area contributed by atoms with Gasteiger partial charge in [0.15, 0.2) is 12.4 Å². The van der Waals surface area contributed by atoms with Crippen molar-refractivity contribution >= 4 is 11.9 Å². The van der Waals surface area contributed by atoms with E-state index < -0.39 is 30.4 Å². The molecular formula is C9H14O6. The molecule has 1 fully saturated rings. The van der Waals surface area contributed by atoms with Crippen LogP contribution in [0.5, 0.6) is 0 Å². The molecule has 3 atom stereocenters. The number of hydrogen-bond donors (Lipinski definition) is 1. The Hall–Kier alpha value is -1.14. The third-order valence-electron chi connectivity index (χ3n) is 1.94. The highest BCUT2D eigenvalue weighted by Crippen LogP contribution is 2.19. The first-order valence-corrected chi connectivity index (χ1v) is 4.63. The van der Waals surface area contributed by atoms with Gasteiger partial charge in [-0.2, -0.15) is 0 Å². The maximum Gasteiger partial charge on any atom is 0.303 e. The van der Waals surface area contributed by atoms with Crippen LogP contribution >= 0.6 is 0 Å². The average molecular weight is 218 g/mol. The van der Waals surface area contributed by atoms with Crippen molar-refractivity contribution < 1.29 is 28.9 Å². The number of aliphatic hydroxyl groups excluding tert-OH is 1. The molecule has 0 bridgehead atoms. The van der Waals surface area contributed by atoms with E-state index in [1.807, 2.05) is 0 Å². The van der Waals surface area contributed by atoms with E-state index in [0.29, 0.717) is 0 Å². The van der Waals surface area contributed by atoms with Crippen LogP contribution in [0, 0.1) is 0 Å². The molecule has 1 N–H and O–H groups in total. The van der Waals surface area contributed by atoms with Crippen molar-refractivity contribution in [2.45, 2.75) is 38.8 Å². The van der Waals surface area contributed by atoms with E-state index in [1.54, 1.807) is 0 Å². The van der Waals surface area contributed by atoms with Crippen molar-refractivity contribution in [2.75, 3.05) is 6.61 Å². The lowest BCUT2D eigenvalue weighted by Crippen LogP contribution is -2.45. The highest BCUT2D eigenvalue weighted by molar-refractivity contribution is 5.67. The minimum Gasteiger partial charge on any atom is -0.458 e. The van der Waals surface area contributed by atoms with Crippen LogP contribution in [-0.4, -0.2) is 42.1 Å². The highest BCUT2D eigenvalue weighted by Gasteiger charge is 2.34. The lowest BCUT2D eigenvalue weighted by molar-refractivity contribution is -0.216. The Labute approximate surface area is 87.1 Å². The average Bonchev–Trinajstić information content (AvgIpc) is 2.08. The third kappa shape index (κ3) is 3.85. The van der Waals surface area contributed by atoms with Gasteiger partial charge >= 0.3 is 11.9 Å². The molecule has 1 rings (SSSR count). The standard InChI is InChI=1S/C9H14O6/c1-5(10)14-7-3-9(12)13-4-8(7)15-6(2)11/h7-9,12H,3-4H2,1-2H3/t7-,8+,9+/m0/s1.